The summed E-state index contributed by atoms with van der Waals surface area (Å²) in [4.78, 5) is 10.3. The van der Waals surface area contributed by atoms with Gasteiger partial charge in [0.1, 0.15) is 12.4 Å². The molecule has 8 heteroatoms. The highest BCUT2D eigenvalue weighted by Crippen LogP contribution is 2.31. The molecule has 3 rings (SSSR count). The first kappa shape index (κ1) is 22.7. The minimum atomic E-state index is -0.436. The summed E-state index contributed by atoms with van der Waals surface area (Å²) < 4.78 is 7.70. The van der Waals surface area contributed by atoms with Gasteiger partial charge in [0.25, 0.3) is 5.69 Å². The van der Waals surface area contributed by atoms with Gasteiger partial charge in [-0.15, -0.1) is 0 Å². The lowest BCUT2D eigenvalue weighted by atomic mass is 10.0. The topological polar surface area (TPSA) is 99.9 Å². The minimum absolute atomic E-state index is 0.0395. The van der Waals surface area contributed by atoms with Gasteiger partial charge in [-0.05, 0) is 104 Å². The molecule has 152 valence electrons. The van der Waals surface area contributed by atoms with Crippen LogP contribution in [0, 0.1) is 39.9 Å². The Kier molecular flexibility index (Phi) is 7.60. The van der Waals surface area contributed by atoms with E-state index in [1.807, 2.05) is 12.1 Å². The Morgan fingerprint density at radius 2 is 1.74 bits per heavy atom. The van der Waals surface area contributed by atoms with Crippen LogP contribution in [0.2, 0.25) is 0 Å². The van der Waals surface area contributed by atoms with E-state index in [2.05, 4.69) is 57.3 Å². The standard InChI is InChI=1S/C23H13I2N3O3/c24-21-10-17(9-19(13-27)18-3-1-2-16(8-18)12-26)11-22(25)23(21)31-14-15-4-6-20(7-5-15)28(29)30/h1-11H,14H2/b19-9-. The van der Waals surface area contributed by atoms with Crippen LogP contribution in [0.15, 0.2) is 60.7 Å². The maximum atomic E-state index is 10.8. The Balaban J connectivity index is 1.82. The second-order valence-corrected chi connectivity index (χ2v) is 8.71. The number of nitro benzene ring substituents is 1. The molecule has 0 atom stereocenters. The van der Waals surface area contributed by atoms with Crippen LogP contribution in [0.4, 0.5) is 5.69 Å². The monoisotopic (exact) mass is 633 g/mol. The van der Waals surface area contributed by atoms with Crippen molar-refractivity contribution >= 4 is 62.5 Å². The molecule has 0 fully saturated rings. The SMILES string of the molecule is N#C/C(=C/c1cc(I)c(OCc2ccc([N+](=O)[O-])cc2)c(I)c1)c1cccc(C#N)c1. The molecule has 0 bridgehead atoms. The van der Waals surface area contributed by atoms with Crippen molar-refractivity contribution in [2.24, 2.45) is 0 Å². The van der Waals surface area contributed by atoms with E-state index < -0.39 is 4.92 Å². The van der Waals surface area contributed by atoms with Crippen LogP contribution in [0.5, 0.6) is 5.75 Å². The number of halogens is 2. The van der Waals surface area contributed by atoms with Gasteiger partial charge in [0.05, 0.1) is 35.3 Å². The highest BCUT2D eigenvalue weighted by molar-refractivity contribution is 14.1. The summed E-state index contributed by atoms with van der Waals surface area (Å²) in [5.41, 5.74) is 3.35. The maximum Gasteiger partial charge on any atom is 0.269 e. The van der Waals surface area contributed by atoms with E-state index in [0.717, 1.165) is 18.3 Å². The van der Waals surface area contributed by atoms with Crippen LogP contribution in [-0.4, -0.2) is 4.92 Å². The van der Waals surface area contributed by atoms with Crippen molar-refractivity contribution < 1.29 is 9.66 Å². The van der Waals surface area contributed by atoms with Crippen LogP contribution in [0.1, 0.15) is 22.3 Å². The number of benzene rings is 3. The second-order valence-electron chi connectivity index (χ2n) is 6.39. The first-order valence-corrected chi connectivity index (χ1v) is 11.0. The molecule has 3 aromatic carbocycles. The van der Waals surface area contributed by atoms with E-state index in [-0.39, 0.29) is 12.3 Å². The van der Waals surface area contributed by atoms with Gasteiger partial charge in [-0.2, -0.15) is 10.5 Å². The summed E-state index contributed by atoms with van der Waals surface area (Å²) in [6.07, 6.45) is 1.78. The molecule has 3 aromatic rings. The predicted octanol–water partition coefficient (Wildman–Crippen LogP) is 6.32. The molecular formula is C23H13I2N3O3. The maximum absolute atomic E-state index is 10.8. The average molecular weight is 633 g/mol. The number of nitro groups is 1. The van der Waals surface area contributed by atoms with Crippen molar-refractivity contribution in [1.82, 2.24) is 0 Å². The molecule has 0 N–H and O–H groups in total. The number of hydrogen-bond donors (Lipinski definition) is 0. The van der Waals surface area contributed by atoms with E-state index >= 15 is 0 Å². The van der Waals surface area contributed by atoms with Crippen LogP contribution < -0.4 is 4.74 Å². The Hall–Kier alpha value is -2.96. The van der Waals surface area contributed by atoms with Crippen molar-refractivity contribution in [1.29, 1.82) is 10.5 Å². The zero-order valence-electron chi connectivity index (χ0n) is 15.9. The Morgan fingerprint density at radius 3 is 2.32 bits per heavy atom. The molecule has 0 amide bonds. The average Bonchev–Trinajstić information content (AvgIpc) is 2.77. The van der Waals surface area contributed by atoms with Crippen LogP contribution >= 0.6 is 45.2 Å². The second kappa shape index (κ2) is 10.4. The number of rotatable bonds is 6. The third-order valence-corrected chi connectivity index (χ3v) is 5.89. The molecule has 0 unspecified atom stereocenters. The van der Waals surface area contributed by atoms with Crippen LogP contribution in [0.25, 0.3) is 11.6 Å². The van der Waals surface area contributed by atoms with Gasteiger partial charge < -0.3 is 4.74 Å². The molecule has 31 heavy (non-hydrogen) atoms. The number of ether oxygens (including phenoxy) is 1. The number of nitriles is 2. The lowest BCUT2D eigenvalue weighted by Gasteiger charge is -2.12. The summed E-state index contributed by atoms with van der Waals surface area (Å²) in [5.74, 6) is 0.710. The van der Waals surface area contributed by atoms with Gasteiger partial charge in [-0.3, -0.25) is 10.1 Å². The molecule has 0 radical (unpaired) electrons. The van der Waals surface area contributed by atoms with E-state index in [4.69, 9.17) is 10.00 Å². The summed E-state index contributed by atoms with van der Waals surface area (Å²) in [6, 6.07) is 21.3. The van der Waals surface area contributed by atoms with Crippen molar-refractivity contribution in [3.63, 3.8) is 0 Å². The fraction of sp³-hybridized carbons (Fsp3) is 0.0435. The number of allylic oxidation sites excluding steroid dienone is 1. The van der Waals surface area contributed by atoms with E-state index in [9.17, 15) is 15.4 Å². The van der Waals surface area contributed by atoms with Gasteiger partial charge in [-0.25, -0.2) is 0 Å². The zero-order chi connectivity index (χ0) is 22.4. The quantitative estimate of drug-likeness (QED) is 0.104. The van der Waals surface area contributed by atoms with Gasteiger partial charge in [0.2, 0.25) is 0 Å². The van der Waals surface area contributed by atoms with Gasteiger partial charge in [0.15, 0.2) is 0 Å². The molecule has 0 aliphatic heterocycles. The fourth-order valence-electron chi connectivity index (χ4n) is 2.77. The van der Waals surface area contributed by atoms with Gasteiger partial charge >= 0.3 is 0 Å². The lowest BCUT2D eigenvalue weighted by Crippen LogP contribution is -2.00. The highest BCUT2D eigenvalue weighted by Gasteiger charge is 2.11. The molecule has 0 aliphatic carbocycles. The van der Waals surface area contributed by atoms with Crippen molar-refractivity contribution in [3.05, 3.63) is 100 Å². The minimum Gasteiger partial charge on any atom is -0.487 e. The molecule has 6 nitrogen and oxygen atoms in total. The first-order chi connectivity index (χ1) is 14.9. The van der Waals surface area contributed by atoms with Crippen molar-refractivity contribution in [2.75, 3.05) is 0 Å². The molecule has 0 heterocycles. The van der Waals surface area contributed by atoms with Crippen molar-refractivity contribution in [2.45, 2.75) is 6.61 Å². The third kappa shape index (κ3) is 5.81. The number of nitrogens with zero attached hydrogens (tertiary/aromatic N) is 3. The van der Waals surface area contributed by atoms with Crippen LogP contribution in [0.3, 0.4) is 0 Å². The number of non-ortho nitro benzene ring substituents is 1. The van der Waals surface area contributed by atoms with Gasteiger partial charge in [0, 0.05) is 12.1 Å². The van der Waals surface area contributed by atoms with Gasteiger partial charge in [-0.1, -0.05) is 12.1 Å². The molecular weight excluding hydrogens is 620 g/mol. The Bertz CT molecular complexity index is 1230. The lowest BCUT2D eigenvalue weighted by molar-refractivity contribution is -0.384. The Morgan fingerprint density at radius 1 is 1.06 bits per heavy atom. The smallest absolute Gasteiger partial charge is 0.269 e. The first-order valence-electron chi connectivity index (χ1n) is 8.89. The molecule has 0 aliphatic rings. The Labute approximate surface area is 206 Å². The normalized spacial score (nSPS) is 10.8. The fourth-order valence-corrected chi connectivity index (χ4v) is 4.90. The molecule has 0 aromatic heterocycles. The zero-order valence-corrected chi connectivity index (χ0v) is 20.2. The third-order valence-electron chi connectivity index (χ3n) is 4.29. The molecule has 0 saturated heterocycles. The molecule has 0 spiro atoms. The van der Waals surface area contributed by atoms with E-state index in [1.165, 1.54) is 12.1 Å². The largest absolute Gasteiger partial charge is 0.487 e. The predicted molar refractivity (Wildman–Crippen MR) is 134 cm³/mol. The highest BCUT2D eigenvalue weighted by atomic mass is 127. The number of hydrogen-bond acceptors (Lipinski definition) is 5. The van der Waals surface area contributed by atoms with Crippen molar-refractivity contribution in [3.8, 4) is 17.9 Å². The summed E-state index contributed by atoms with van der Waals surface area (Å²) in [7, 11) is 0. The summed E-state index contributed by atoms with van der Waals surface area (Å²) in [6.45, 7) is 0.281. The summed E-state index contributed by atoms with van der Waals surface area (Å²) >= 11 is 4.36. The molecule has 0 saturated carbocycles. The van der Waals surface area contributed by atoms with Crippen LogP contribution in [-0.2, 0) is 6.61 Å². The van der Waals surface area contributed by atoms with E-state index in [0.29, 0.717) is 22.4 Å². The van der Waals surface area contributed by atoms with E-state index in [1.54, 1.807) is 42.5 Å². The summed E-state index contributed by atoms with van der Waals surface area (Å²) in [5, 5.41) is 29.4.